The van der Waals surface area contributed by atoms with Gasteiger partial charge in [-0.25, -0.2) is 13.6 Å². The lowest BCUT2D eigenvalue weighted by Gasteiger charge is -2.38. The summed E-state index contributed by atoms with van der Waals surface area (Å²) in [5, 5.41) is 5.24. The summed E-state index contributed by atoms with van der Waals surface area (Å²) < 4.78 is 23.2. The van der Waals surface area contributed by atoms with E-state index in [1.807, 2.05) is 0 Å². The monoisotopic (exact) mass is 434 g/mol. The van der Waals surface area contributed by atoms with Gasteiger partial charge in [-0.05, 0) is 87.3 Å². The molecule has 1 unspecified atom stereocenters. The van der Waals surface area contributed by atoms with E-state index in [0.29, 0.717) is 25.4 Å². The molecule has 0 spiro atoms. The van der Waals surface area contributed by atoms with E-state index in [1.165, 1.54) is 38.4 Å². The van der Waals surface area contributed by atoms with Gasteiger partial charge in [0.1, 0.15) is 0 Å². The molecule has 0 saturated carbocycles. The van der Waals surface area contributed by atoms with Crippen molar-refractivity contribution in [3.8, 4) is 0 Å². The van der Waals surface area contributed by atoms with Gasteiger partial charge in [-0.1, -0.05) is 6.92 Å². The Morgan fingerprint density at radius 1 is 1.10 bits per heavy atom. The van der Waals surface area contributed by atoms with Crippen molar-refractivity contribution in [3.63, 3.8) is 0 Å². The Labute approximate surface area is 180 Å². The number of nitrogens with two attached hydrogens (primary N) is 1. The zero-order valence-electron chi connectivity index (χ0n) is 17.9. The molecule has 3 heterocycles. The summed E-state index contributed by atoms with van der Waals surface area (Å²) in [5.74, 6) is 1.60. The van der Waals surface area contributed by atoms with Gasteiger partial charge in [0.2, 0.25) is 15.9 Å². The van der Waals surface area contributed by atoms with Crippen LogP contribution in [0.3, 0.4) is 0 Å². The Hall–Kier alpha value is -1.48. The summed E-state index contributed by atoms with van der Waals surface area (Å²) in [5.41, 5.74) is 1.70. The third-order valence-corrected chi connectivity index (χ3v) is 7.84. The van der Waals surface area contributed by atoms with Gasteiger partial charge in [0.05, 0.1) is 11.4 Å². The topological polar surface area (TPSA) is 86.9 Å². The fraction of sp³-hybridized carbons (Fsp3) is 0.682. The standard InChI is InChI=1S/C22H34N4O3S/c1-17-6-10-24(11-7-17)14-18-3-2-9-25(15-18)16-22(27)26-12-8-19-13-20(30(23,28)29)4-5-21(19)26/h4-5,13,17-18H,2-3,6-12,14-16H2,1H3,(H2,23,28,29). The number of likely N-dealkylation sites (tertiary alicyclic amines) is 2. The van der Waals surface area contributed by atoms with Crippen LogP contribution in [0.25, 0.3) is 0 Å². The molecule has 0 radical (unpaired) electrons. The molecule has 1 aromatic carbocycles. The quantitative estimate of drug-likeness (QED) is 0.762. The lowest BCUT2D eigenvalue weighted by molar-refractivity contribution is -0.120. The lowest BCUT2D eigenvalue weighted by atomic mass is 9.94. The average molecular weight is 435 g/mol. The first-order valence-electron chi connectivity index (χ1n) is 11.2. The van der Waals surface area contributed by atoms with Crippen LogP contribution < -0.4 is 10.0 Å². The molecule has 4 rings (SSSR count). The van der Waals surface area contributed by atoms with Gasteiger partial charge >= 0.3 is 0 Å². The SMILES string of the molecule is CC1CCN(CC2CCCN(CC(=O)N3CCc4cc(S(N)(=O)=O)ccc43)C2)CC1. The predicted octanol–water partition coefficient (Wildman–Crippen LogP) is 1.67. The Bertz CT molecular complexity index is 880. The van der Waals surface area contributed by atoms with E-state index in [1.54, 1.807) is 17.0 Å². The van der Waals surface area contributed by atoms with Gasteiger partial charge in [-0.15, -0.1) is 0 Å². The highest BCUT2D eigenvalue weighted by Crippen LogP contribution is 2.30. The molecule has 8 heteroatoms. The molecule has 166 valence electrons. The minimum atomic E-state index is -3.72. The minimum Gasteiger partial charge on any atom is -0.311 e. The van der Waals surface area contributed by atoms with Gasteiger partial charge < -0.3 is 9.80 Å². The Balaban J connectivity index is 1.33. The maximum atomic E-state index is 13.0. The first kappa shape index (κ1) is 21.7. The largest absolute Gasteiger partial charge is 0.311 e. The molecule has 7 nitrogen and oxygen atoms in total. The van der Waals surface area contributed by atoms with Crippen LogP contribution >= 0.6 is 0 Å². The second-order valence-corrected chi connectivity index (χ2v) is 10.9. The number of sulfonamides is 1. The summed E-state index contributed by atoms with van der Waals surface area (Å²) in [4.78, 5) is 19.9. The number of carbonyl (C=O) groups excluding carboxylic acids is 1. The van der Waals surface area contributed by atoms with Crippen LogP contribution in [0.15, 0.2) is 23.1 Å². The molecule has 2 saturated heterocycles. The second kappa shape index (κ2) is 8.94. The molecule has 2 fully saturated rings. The van der Waals surface area contributed by atoms with Crippen LogP contribution in [0.1, 0.15) is 38.2 Å². The van der Waals surface area contributed by atoms with Crippen molar-refractivity contribution < 1.29 is 13.2 Å². The number of anilines is 1. The number of hydrogen-bond acceptors (Lipinski definition) is 5. The minimum absolute atomic E-state index is 0.101. The van der Waals surface area contributed by atoms with Gasteiger partial charge in [0.25, 0.3) is 0 Å². The van der Waals surface area contributed by atoms with Crippen LogP contribution in [-0.4, -0.2) is 69.9 Å². The summed E-state index contributed by atoms with van der Waals surface area (Å²) in [6, 6.07) is 4.82. The van der Waals surface area contributed by atoms with Crippen molar-refractivity contribution in [2.24, 2.45) is 17.0 Å². The van der Waals surface area contributed by atoms with Crippen molar-refractivity contribution in [1.82, 2.24) is 9.80 Å². The molecule has 0 aromatic heterocycles. The Morgan fingerprint density at radius 3 is 2.60 bits per heavy atom. The smallest absolute Gasteiger partial charge is 0.241 e. The van der Waals surface area contributed by atoms with E-state index in [4.69, 9.17) is 5.14 Å². The van der Waals surface area contributed by atoms with Crippen LogP contribution in [0, 0.1) is 11.8 Å². The highest BCUT2D eigenvalue weighted by molar-refractivity contribution is 7.89. The van der Waals surface area contributed by atoms with E-state index >= 15 is 0 Å². The number of hydrogen-bond donors (Lipinski definition) is 1. The van der Waals surface area contributed by atoms with E-state index in [0.717, 1.165) is 43.2 Å². The van der Waals surface area contributed by atoms with Gasteiger partial charge in [0.15, 0.2) is 0 Å². The number of rotatable bonds is 5. The number of primary sulfonamides is 1. The van der Waals surface area contributed by atoms with Gasteiger partial charge in [-0.2, -0.15) is 0 Å². The van der Waals surface area contributed by atoms with E-state index in [2.05, 4.69) is 16.7 Å². The summed E-state index contributed by atoms with van der Waals surface area (Å²) in [6.07, 6.45) is 5.67. The number of piperidine rings is 2. The third kappa shape index (κ3) is 5.04. The van der Waals surface area contributed by atoms with Gasteiger partial charge in [0, 0.05) is 25.3 Å². The molecule has 0 aliphatic carbocycles. The van der Waals surface area contributed by atoms with Crippen LogP contribution in [0.2, 0.25) is 0 Å². The lowest BCUT2D eigenvalue weighted by Crippen LogP contribution is -2.47. The predicted molar refractivity (Wildman–Crippen MR) is 118 cm³/mol. The van der Waals surface area contributed by atoms with Crippen molar-refractivity contribution in [1.29, 1.82) is 0 Å². The van der Waals surface area contributed by atoms with E-state index in [-0.39, 0.29) is 10.8 Å². The molecular weight excluding hydrogens is 400 g/mol. The number of fused-ring (bicyclic) bond motifs is 1. The molecule has 0 bridgehead atoms. The molecule has 3 aliphatic heterocycles. The van der Waals surface area contributed by atoms with Crippen LogP contribution in [-0.2, 0) is 21.2 Å². The fourth-order valence-electron chi connectivity index (χ4n) is 5.14. The number of nitrogens with zero attached hydrogens (tertiary/aromatic N) is 3. The number of carbonyl (C=O) groups is 1. The zero-order chi connectivity index (χ0) is 21.3. The number of benzene rings is 1. The van der Waals surface area contributed by atoms with Crippen LogP contribution in [0.5, 0.6) is 0 Å². The highest BCUT2D eigenvalue weighted by atomic mass is 32.2. The molecule has 1 amide bonds. The van der Waals surface area contributed by atoms with E-state index in [9.17, 15) is 13.2 Å². The van der Waals surface area contributed by atoms with Gasteiger partial charge in [-0.3, -0.25) is 9.69 Å². The second-order valence-electron chi connectivity index (χ2n) is 9.36. The van der Waals surface area contributed by atoms with Crippen molar-refractivity contribution >= 4 is 21.6 Å². The maximum Gasteiger partial charge on any atom is 0.241 e. The van der Waals surface area contributed by atoms with E-state index < -0.39 is 10.0 Å². The molecule has 2 N–H and O–H groups in total. The molecule has 3 aliphatic rings. The molecule has 1 aromatic rings. The summed E-state index contributed by atoms with van der Waals surface area (Å²) in [6.45, 7) is 8.92. The summed E-state index contributed by atoms with van der Waals surface area (Å²) >= 11 is 0. The van der Waals surface area contributed by atoms with Crippen molar-refractivity contribution in [3.05, 3.63) is 23.8 Å². The molecule has 30 heavy (non-hydrogen) atoms. The Morgan fingerprint density at radius 2 is 1.87 bits per heavy atom. The average Bonchev–Trinajstić information content (AvgIpc) is 3.13. The third-order valence-electron chi connectivity index (χ3n) is 6.93. The maximum absolute atomic E-state index is 13.0. The fourth-order valence-corrected chi connectivity index (χ4v) is 5.71. The normalized spacial score (nSPS) is 24.2. The van der Waals surface area contributed by atoms with Crippen LogP contribution in [0.4, 0.5) is 5.69 Å². The van der Waals surface area contributed by atoms with Crippen molar-refractivity contribution in [2.45, 2.75) is 43.9 Å². The Kier molecular flexibility index (Phi) is 6.48. The first-order chi connectivity index (χ1) is 14.3. The molecular formula is C22H34N4O3S. The highest BCUT2D eigenvalue weighted by Gasteiger charge is 2.29. The first-order valence-corrected chi connectivity index (χ1v) is 12.7. The molecule has 1 atom stereocenters. The number of amides is 1. The zero-order valence-corrected chi connectivity index (χ0v) is 18.7. The summed E-state index contributed by atoms with van der Waals surface area (Å²) in [7, 11) is -3.72. The van der Waals surface area contributed by atoms with Crippen molar-refractivity contribution in [2.75, 3.05) is 50.7 Å².